The van der Waals surface area contributed by atoms with Crippen LogP contribution < -0.4 is 2.89 Å². The Bertz CT molecular complexity index is 468. The van der Waals surface area contributed by atoms with Crippen molar-refractivity contribution in [2.24, 2.45) is 0 Å². The zero-order chi connectivity index (χ0) is 17.3. The van der Waals surface area contributed by atoms with Gasteiger partial charge in [-0.3, -0.25) is 0 Å². The van der Waals surface area contributed by atoms with E-state index < -0.39 is 21.1 Å². The fourth-order valence-electron chi connectivity index (χ4n) is 3.34. The average Bonchev–Trinajstić information content (AvgIpc) is 3.27. The standard InChI is InChI=1S/C13H27.C7H5O2S.Sn/c1-4-7-10-13(11-8-5-2)12-9-6-3;1-4-10-5-6(1)7-8-2-3-9-7;/h4-12H2,1-3H3;1-4,7H;. The maximum absolute atomic E-state index is 5.63. The van der Waals surface area contributed by atoms with E-state index in [-0.39, 0.29) is 6.29 Å². The molecule has 2 rings (SSSR count). The predicted molar refractivity (Wildman–Crippen MR) is 105 cm³/mol. The van der Waals surface area contributed by atoms with Gasteiger partial charge in [-0.15, -0.1) is 0 Å². The summed E-state index contributed by atoms with van der Waals surface area (Å²) in [6.45, 7) is 6.99. The van der Waals surface area contributed by atoms with Gasteiger partial charge in [-0.2, -0.15) is 0 Å². The summed E-state index contributed by atoms with van der Waals surface area (Å²) in [5.74, 6) is 0. The Hall–Kier alpha value is -0.161. The van der Waals surface area contributed by atoms with Crippen LogP contribution in [0.2, 0.25) is 3.43 Å². The number of ether oxygens (including phenoxy) is 2. The van der Waals surface area contributed by atoms with Gasteiger partial charge in [-0.05, 0) is 0 Å². The molecular formula is C20H32O2SSn. The molecule has 0 fully saturated rings. The first kappa shape index (κ1) is 20.2. The third-order valence-electron chi connectivity index (χ3n) is 4.81. The third-order valence-corrected chi connectivity index (χ3v) is 12.4. The van der Waals surface area contributed by atoms with Crippen LogP contribution in [0.3, 0.4) is 0 Å². The van der Waals surface area contributed by atoms with Crippen LogP contribution in [0, 0.1) is 0 Å². The molecule has 0 aromatic carbocycles. The summed E-state index contributed by atoms with van der Waals surface area (Å²) >= 11 is 1.25. The molecular weight excluding hydrogens is 423 g/mol. The first-order valence-corrected chi connectivity index (χ1v) is 13.3. The zero-order valence-electron chi connectivity index (χ0n) is 15.5. The molecule has 0 saturated carbocycles. The molecule has 2 radical (unpaired) electrons. The summed E-state index contributed by atoms with van der Waals surface area (Å²) in [5.41, 5.74) is 1.31. The van der Waals surface area contributed by atoms with Crippen LogP contribution >= 0.6 is 11.3 Å². The average molecular weight is 455 g/mol. The van der Waals surface area contributed by atoms with Crippen molar-refractivity contribution in [3.63, 3.8) is 0 Å². The molecule has 0 aliphatic carbocycles. The van der Waals surface area contributed by atoms with E-state index in [1.165, 1.54) is 63.4 Å². The summed E-state index contributed by atoms with van der Waals surface area (Å²) in [4.78, 5) is 0. The topological polar surface area (TPSA) is 18.5 Å². The van der Waals surface area contributed by atoms with Gasteiger partial charge in [0.2, 0.25) is 0 Å². The summed E-state index contributed by atoms with van der Waals surface area (Å²) < 4.78 is 13.5. The normalized spacial score (nSPS) is 14.8. The molecule has 0 atom stereocenters. The van der Waals surface area contributed by atoms with Gasteiger partial charge in [-0.1, -0.05) is 0 Å². The zero-order valence-corrected chi connectivity index (χ0v) is 19.1. The minimum atomic E-state index is -0.699. The fourth-order valence-corrected chi connectivity index (χ4v) is 11.5. The van der Waals surface area contributed by atoms with Crippen LogP contribution in [-0.4, -0.2) is 21.1 Å². The number of thiophene rings is 1. The predicted octanol–water partition coefficient (Wildman–Crippen LogP) is 6.32. The molecule has 1 aromatic heterocycles. The Morgan fingerprint density at radius 1 is 0.958 bits per heavy atom. The minimum absolute atomic E-state index is 0.187. The molecule has 0 spiro atoms. The van der Waals surface area contributed by atoms with Crippen LogP contribution in [0.4, 0.5) is 0 Å². The molecule has 24 heavy (non-hydrogen) atoms. The maximum atomic E-state index is 5.63. The van der Waals surface area contributed by atoms with E-state index in [9.17, 15) is 0 Å². The van der Waals surface area contributed by atoms with Gasteiger partial charge in [0.25, 0.3) is 0 Å². The quantitative estimate of drug-likeness (QED) is 0.344. The first-order chi connectivity index (χ1) is 11.7. The Balaban J connectivity index is 2.17. The Morgan fingerprint density at radius 2 is 1.50 bits per heavy atom. The molecule has 2 nitrogen and oxygen atoms in total. The van der Waals surface area contributed by atoms with E-state index in [2.05, 4.69) is 32.2 Å². The second-order valence-electron chi connectivity index (χ2n) is 6.80. The van der Waals surface area contributed by atoms with Crippen LogP contribution in [-0.2, 0) is 9.47 Å². The second-order valence-corrected chi connectivity index (χ2v) is 13.9. The van der Waals surface area contributed by atoms with Crippen molar-refractivity contribution in [3.8, 4) is 0 Å². The first-order valence-electron chi connectivity index (χ1n) is 9.56. The van der Waals surface area contributed by atoms with Crippen molar-refractivity contribution in [3.05, 3.63) is 29.5 Å². The van der Waals surface area contributed by atoms with Gasteiger partial charge in [0.15, 0.2) is 0 Å². The van der Waals surface area contributed by atoms with Gasteiger partial charge in [-0.25, -0.2) is 0 Å². The van der Waals surface area contributed by atoms with Crippen molar-refractivity contribution in [2.45, 2.75) is 88.3 Å². The van der Waals surface area contributed by atoms with Crippen LogP contribution in [0.1, 0.15) is 90.4 Å². The van der Waals surface area contributed by atoms with Gasteiger partial charge < -0.3 is 0 Å². The van der Waals surface area contributed by atoms with Crippen molar-refractivity contribution >= 4 is 35.4 Å². The number of rotatable bonds is 12. The molecule has 134 valence electrons. The molecule has 1 aromatic rings. The van der Waals surface area contributed by atoms with E-state index in [0.717, 1.165) is 0 Å². The van der Waals surface area contributed by atoms with Gasteiger partial charge in [0.1, 0.15) is 0 Å². The fraction of sp³-hybridized carbons (Fsp3) is 0.700. The van der Waals surface area contributed by atoms with E-state index >= 15 is 0 Å². The molecule has 0 unspecified atom stereocenters. The van der Waals surface area contributed by atoms with Crippen LogP contribution in [0.5, 0.6) is 0 Å². The summed E-state index contributed by atoms with van der Waals surface area (Å²) in [6.07, 6.45) is 15.5. The monoisotopic (exact) mass is 456 g/mol. The SMILES string of the molecule is CCCC[C](CCCC)(CCCC)[Sn][c]1sccc1C1OC=CO1. The number of unbranched alkanes of at least 4 members (excludes halogenated alkanes) is 3. The molecule has 0 N–H and O–H groups in total. The van der Waals surface area contributed by atoms with E-state index in [0.29, 0.717) is 3.43 Å². The Kier molecular flexibility index (Phi) is 9.02. The van der Waals surface area contributed by atoms with Crippen LogP contribution in [0.15, 0.2) is 24.0 Å². The number of hydrogen-bond donors (Lipinski definition) is 0. The summed E-state index contributed by atoms with van der Waals surface area (Å²) in [5, 5.41) is 2.24. The van der Waals surface area contributed by atoms with Crippen molar-refractivity contribution < 1.29 is 9.47 Å². The molecule has 4 heteroatoms. The van der Waals surface area contributed by atoms with Gasteiger partial charge >= 0.3 is 163 Å². The van der Waals surface area contributed by atoms with Gasteiger partial charge in [0.05, 0.1) is 0 Å². The molecule has 1 aliphatic heterocycles. The second kappa shape index (κ2) is 10.7. The molecule has 1 aliphatic rings. The summed E-state index contributed by atoms with van der Waals surface area (Å²) in [7, 11) is 0. The Labute approximate surface area is 162 Å². The number of hydrogen-bond acceptors (Lipinski definition) is 3. The van der Waals surface area contributed by atoms with Crippen molar-refractivity contribution in [2.75, 3.05) is 0 Å². The van der Waals surface area contributed by atoms with Crippen LogP contribution in [0.25, 0.3) is 0 Å². The molecule has 2 heterocycles. The van der Waals surface area contributed by atoms with Crippen molar-refractivity contribution in [1.29, 1.82) is 0 Å². The third kappa shape index (κ3) is 5.69. The van der Waals surface area contributed by atoms with E-state index in [1.54, 1.807) is 15.4 Å². The molecule has 0 bridgehead atoms. The van der Waals surface area contributed by atoms with E-state index in [4.69, 9.17) is 9.47 Å². The van der Waals surface area contributed by atoms with Crippen molar-refractivity contribution in [1.82, 2.24) is 0 Å². The molecule has 0 saturated heterocycles. The molecule has 0 amide bonds. The summed E-state index contributed by atoms with van der Waals surface area (Å²) in [6, 6.07) is 2.22. The Morgan fingerprint density at radius 3 is 2.00 bits per heavy atom. The van der Waals surface area contributed by atoms with E-state index in [1.807, 2.05) is 11.3 Å². The van der Waals surface area contributed by atoms with Gasteiger partial charge in [0, 0.05) is 0 Å².